The van der Waals surface area contributed by atoms with Gasteiger partial charge in [-0.15, -0.1) is 0 Å². The second kappa shape index (κ2) is 29.8. The monoisotopic (exact) mass is 1410 g/mol. The molecule has 0 aliphatic carbocycles. The second-order valence-corrected chi connectivity index (χ2v) is 26.0. The van der Waals surface area contributed by atoms with Crippen molar-refractivity contribution in [1.29, 1.82) is 0 Å². The van der Waals surface area contributed by atoms with E-state index in [9.17, 15) is 70.2 Å². The lowest BCUT2D eigenvalue weighted by Crippen LogP contribution is -2.61. The second-order valence-electron chi connectivity index (χ2n) is 25.6. The maximum atomic E-state index is 16.1. The molecule has 11 bridgehead atoms. The van der Waals surface area contributed by atoms with Gasteiger partial charge in [0.05, 0.1) is 36.3 Å². The van der Waals surface area contributed by atoms with Crippen molar-refractivity contribution in [2.75, 3.05) is 13.7 Å². The fraction of sp³-hybridized carbons (Fsp3) is 0.424. The highest BCUT2D eigenvalue weighted by Crippen LogP contribution is 2.49. The van der Waals surface area contributed by atoms with Crippen LogP contribution in [-0.4, -0.2) is 191 Å². The van der Waals surface area contributed by atoms with E-state index in [1.165, 1.54) is 57.3 Å². The van der Waals surface area contributed by atoms with Gasteiger partial charge in [-0.3, -0.25) is 33.6 Å². The van der Waals surface area contributed by atoms with Crippen LogP contribution in [0.25, 0.3) is 11.1 Å². The van der Waals surface area contributed by atoms with E-state index in [1.54, 1.807) is 0 Å². The van der Waals surface area contributed by atoms with E-state index in [-0.39, 0.29) is 52.0 Å². The molecule has 7 aliphatic heterocycles. The molecule has 21 N–H and O–H groups in total. The highest BCUT2D eigenvalue weighted by Gasteiger charge is 2.49. The number of amides is 7. The van der Waals surface area contributed by atoms with Crippen LogP contribution in [0.1, 0.15) is 105 Å². The highest BCUT2D eigenvalue weighted by atomic mass is 35.5. The number of carboxylic acids is 1. The standard InChI is InChI=1S/C66H76ClN9O24/c1-24(2)14-35(70-5)58(87)75-49-51(82)28-9-13-39(34(67)16-28)97-41-18-29-17-40(56(41)100-65-54(85)53(84)52(83)42(23-77)98-65)96-31-10-6-26(7-11-31)55(99-44-22-66(4,69)57(86)25(3)95-44)50-63(92)74-48(64(93)94)33-19-30(78)20-38(80)45(33)32-15-27(8-12-37(32)79)46(60(89)76-50)73-61(90)47(29)72-59(88)36(21-43(68)81)71-62(49)91/h6-13,15-20,24-25,35-36,42,44,46-55,57,65,70,77-80,82-86H,14,21-23,69H2,1-5H3,(H2,68,81)(H,71,91)(H,72,88)(H,73,90)(H,74,92)(H,75,87)(H,76,89)(H,93,94)/t25-,35+,36-,42+,44-,46+,47+,48-,49+,50-,51+,52+,53-,54+,55+,57-,65-,66-/m0/s1. The first-order valence-corrected chi connectivity index (χ1v) is 31.9. The molecule has 12 rings (SSSR count). The number of carbonyl (C=O) groups excluding carboxylic acids is 7. The van der Waals surface area contributed by atoms with Crippen LogP contribution < -0.4 is 62.9 Å². The van der Waals surface area contributed by atoms with E-state index < -0.39 is 226 Å². The quantitative estimate of drug-likeness (QED) is 0.0703. The van der Waals surface area contributed by atoms with Gasteiger partial charge in [0, 0.05) is 34.7 Å². The largest absolute Gasteiger partial charge is 0.508 e. The van der Waals surface area contributed by atoms with Crippen molar-refractivity contribution < 1.29 is 118 Å². The molecule has 7 heterocycles. The summed E-state index contributed by atoms with van der Waals surface area (Å²) in [6.45, 7) is 5.66. The summed E-state index contributed by atoms with van der Waals surface area (Å²) in [5, 5.41) is 130. The number of aliphatic carboxylic acids is 1. The van der Waals surface area contributed by atoms with Crippen molar-refractivity contribution in [1.82, 2.24) is 37.2 Å². The van der Waals surface area contributed by atoms with Gasteiger partial charge in [0.1, 0.15) is 95.6 Å². The summed E-state index contributed by atoms with van der Waals surface area (Å²) in [6.07, 6.45) is -18.6. The molecular weight excluding hydrogens is 1340 g/mol. The SMILES string of the molecule is CN[C@H](CC(C)C)C(=O)N[C@H]1C(=O)N[C@@H](CC(N)=O)C(=O)N[C@H]2C(=O)N[C@H]3C(=O)N[C@H](C(=O)N[C@H](C(=O)O)c4cc(O)cc(O)c4-c4cc3ccc4O)[C@H](O[C@H]3C[C@](C)(N)[C@@H](O)[C@H](C)O3)c3ccc(cc3)Oc3cc2cc(c3O[C@@H]2O[C@H](CO)[C@@H](O)[C@H](O)[C@H]2O)Oc2ccc(cc2Cl)[C@H]1O. The number of aliphatic hydroxyl groups excluding tert-OH is 6. The van der Waals surface area contributed by atoms with Crippen molar-refractivity contribution in [2.24, 2.45) is 17.4 Å². The van der Waals surface area contributed by atoms with Gasteiger partial charge in [-0.1, -0.05) is 49.7 Å². The number of phenolic OH excluding ortho intramolecular Hbond substituents is 3. The first kappa shape index (κ1) is 73.2. The fourth-order valence-corrected chi connectivity index (χ4v) is 12.7. The molecule has 0 aromatic heterocycles. The van der Waals surface area contributed by atoms with E-state index in [0.717, 1.165) is 48.5 Å². The molecular formula is C66H76ClN9O24. The number of nitrogens with one attached hydrogen (secondary N) is 7. The topological polar surface area (TPSA) is 530 Å². The molecule has 34 heteroatoms. The van der Waals surface area contributed by atoms with E-state index in [4.69, 9.17) is 51.5 Å². The van der Waals surface area contributed by atoms with Gasteiger partial charge in [-0.25, -0.2) is 4.79 Å². The van der Waals surface area contributed by atoms with Gasteiger partial charge >= 0.3 is 5.97 Å². The number of primary amides is 1. The third-order valence-corrected chi connectivity index (χ3v) is 18.0. The summed E-state index contributed by atoms with van der Waals surface area (Å²) in [4.78, 5) is 118. The summed E-state index contributed by atoms with van der Waals surface area (Å²) < 4.78 is 38.0. The van der Waals surface area contributed by atoms with E-state index in [0.29, 0.717) is 0 Å². The van der Waals surface area contributed by atoms with E-state index in [2.05, 4.69) is 37.2 Å². The van der Waals surface area contributed by atoms with Gasteiger partial charge in [-0.05, 0) is 110 Å². The minimum absolute atomic E-state index is 0.0301. The third kappa shape index (κ3) is 15.4. The number of rotatable bonds is 13. The first-order valence-electron chi connectivity index (χ1n) is 31.5. The lowest BCUT2D eigenvalue weighted by atomic mass is 9.86. The highest BCUT2D eigenvalue weighted by molar-refractivity contribution is 6.32. The minimum atomic E-state index is -2.31. The smallest absolute Gasteiger partial charge is 0.330 e. The molecule has 18 atom stereocenters. The Hall–Kier alpha value is -9.49. The van der Waals surface area contributed by atoms with Crippen molar-refractivity contribution >= 4 is 58.9 Å². The average Bonchev–Trinajstić information content (AvgIpc) is 0.769. The van der Waals surface area contributed by atoms with Crippen LogP contribution in [0, 0.1) is 5.92 Å². The number of carboxylic acid groups (broad SMARTS) is 1. The zero-order valence-corrected chi connectivity index (χ0v) is 54.8. The molecule has 0 saturated carbocycles. The van der Waals surface area contributed by atoms with E-state index in [1.807, 2.05) is 13.8 Å². The molecule has 5 aromatic rings. The number of halogens is 1. The van der Waals surface area contributed by atoms with Crippen LogP contribution in [0.4, 0.5) is 0 Å². The molecule has 0 spiro atoms. The summed E-state index contributed by atoms with van der Waals surface area (Å²) >= 11 is 7.00. The molecule has 33 nitrogen and oxygen atoms in total. The van der Waals surface area contributed by atoms with Crippen LogP contribution in [0.5, 0.6) is 46.0 Å². The zero-order valence-electron chi connectivity index (χ0n) is 54.0. The van der Waals surface area contributed by atoms with Crippen molar-refractivity contribution in [3.63, 3.8) is 0 Å². The third-order valence-electron chi connectivity index (χ3n) is 17.7. The zero-order chi connectivity index (χ0) is 72.7. The number of aromatic hydroxyl groups is 3. The molecule has 7 aliphatic rings. The van der Waals surface area contributed by atoms with Crippen LogP contribution in [0.3, 0.4) is 0 Å². The van der Waals surface area contributed by atoms with Gasteiger partial charge in [0.25, 0.3) is 0 Å². The molecule has 5 aromatic carbocycles. The normalized spacial score (nSPS) is 29.6. The molecule has 536 valence electrons. The molecule has 7 amide bonds. The molecule has 2 fully saturated rings. The Labute approximate surface area is 574 Å². The van der Waals surface area contributed by atoms with Crippen molar-refractivity contribution in [2.45, 2.75) is 156 Å². The lowest BCUT2D eigenvalue weighted by molar-refractivity contribution is -0.277. The number of fused-ring (bicyclic) bond motifs is 15. The summed E-state index contributed by atoms with van der Waals surface area (Å²) in [7, 11) is 1.48. The van der Waals surface area contributed by atoms with Crippen LogP contribution >= 0.6 is 11.6 Å². The lowest BCUT2D eigenvalue weighted by Gasteiger charge is -2.44. The average molecular weight is 1410 g/mol. The maximum Gasteiger partial charge on any atom is 0.330 e. The molecule has 100 heavy (non-hydrogen) atoms. The summed E-state index contributed by atoms with van der Waals surface area (Å²) in [5.74, 6) is -15.4. The van der Waals surface area contributed by atoms with Crippen molar-refractivity contribution in [3.8, 4) is 57.1 Å². The van der Waals surface area contributed by atoms with E-state index >= 15 is 19.2 Å². The fourth-order valence-electron chi connectivity index (χ4n) is 12.4. The summed E-state index contributed by atoms with van der Waals surface area (Å²) in [5.41, 5.74) is 8.42. The Morgan fingerprint density at radius 2 is 1.38 bits per heavy atom. The number of carbonyl (C=O) groups is 8. The minimum Gasteiger partial charge on any atom is -0.508 e. The summed E-state index contributed by atoms with van der Waals surface area (Å²) in [6, 6.07) is 1.57. The number of hydrogen-bond donors (Lipinski definition) is 19. The van der Waals surface area contributed by atoms with Gasteiger partial charge in [0.15, 0.2) is 23.8 Å². The Morgan fingerprint density at radius 3 is 2.02 bits per heavy atom. The maximum absolute atomic E-state index is 16.1. The van der Waals surface area contributed by atoms with Crippen LogP contribution in [0.2, 0.25) is 5.02 Å². The first-order chi connectivity index (χ1) is 47.2. The molecule has 0 unspecified atom stereocenters. The number of benzene rings is 5. The Morgan fingerprint density at radius 1 is 0.730 bits per heavy atom. The number of likely N-dealkylation sites (N-methyl/N-ethyl adjacent to an activating group) is 1. The van der Waals surface area contributed by atoms with Gasteiger partial charge in [0.2, 0.25) is 53.4 Å². The number of ether oxygens (including phenoxy) is 6. The van der Waals surface area contributed by atoms with Crippen LogP contribution in [-0.2, 0) is 52.6 Å². The molecule has 0 radical (unpaired) electrons. The van der Waals surface area contributed by atoms with Gasteiger partial charge in [-0.2, -0.15) is 0 Å². The Balaban J connectivity index is 1.25. The number of phenols is 3. The number of hydrogen-bond acceptors (Lipinski definition) is 25. The number of aliphatic hydroxyl groups is 6. The predicted octanol–water partition coefficient (Wildman–Crippen LogP) is -0.547. The predicted molar refractivity (Wildman–Crippen MR) is 344 cm³/mol. The van der Waals surface area contributed by atoms with Gasteiger partial charge < -0.3 is 128 Å². The van der Waals surface area contributed by atoms with Crippen molar-refractivity contribution in [3.05, 3.63) is 118 Å². The Kier molecular flexibility index (Phi) is 21.8. The Bertz CT molecular complexity index is 3990. The molecule has 2 saturated heterocycles. The van der Waals surface area contributed by atoms with Crippen LogP contribution in [0.15, 0.2) is 84.9 Å². The number of nitrogens with two attached hydrogens (primary N) is 2.